The Morgan fingerprint density at radius 1 is 1.14 bits per heavy atom. The molecule has 2 aromatic rings. The Bertz CT molecular complexity index is 835. The number of aryl methyl sites for hydroxylation is 1. The van der Waals surface area contributed by atoms with Gasteiger partial charge in [-0.1, -0.05) is 41.9 Å². The van der Waals surface area contributed by atoms with Crippen LogP contribution >= 0.6 is 11.6 Å². The van der Waals surface area contributed by atoms with E-state index in [1.54, 1.807) is 6.92 Å². The highest BCUT2D eigenvalue weighted by Crippen LogP contribution is 2.47. The van der Waals surface area contributed by atoms with E-state index in [2.05, 4.69) is 34.5 Å². The van der Waals surface area contributed by atoms with Crippen LogP contribution in [-0.2, 0) is 17.8 Å². The van der Waals surface area contributed by atoms with Crippen LogP contribution < -0.4 is 5.32 Å². The second kappa shape index (κ2) is 9.32. The minimum atomic E-state index is -0.0228. The molecule has 1 saturated heterocycles. The number of hydrogen-bond donors (Lipinski definition) is 1. The summed E-state index contributed by atoms with van der Waals surface area (Å²) in [5.74, 6) is 2.66. The number of nitrogens with one attached hydrogen (secondary N) is 1. The van der Waals surface area contributed by atoms with Crippen molar-refractivity contribution in [3.63, 3.8) is 0 Å². The zero-order valence-electron chi connectivity index (χ0n) is 17.2. The van der Waals surface area contributed by atoms with Gasteiger partial charge in [0, 0.05) is 30.7 Å². The molecule has 1 N–H and O–H groups in total. The second-order valence-corrected chi connectivity index (χ2v) is 9.30. The molecule has 0 spiro atoms. The van der Waals surface area contributed by atoms with Crippen molar-refractivity contribution in [3.05, 3.63) is 64.7 Å². The van der Waals surface area contributed by atoms with E-state index < -0.39 is 0 Å². The molecule has 3 atom stereocenters. The number of carbonyl (C=O) groups is 1. The maximum atomic E-state index is 11.1. The molecule has 0 bridgehead atoms. The summed E-state index contributed by atoms with van der Waals surface area (Å²) in [6.07, 6.45) is 6.53. The molecule has 0 radical (unpaired) electrons. The number of carbonyl (C=O) groups excluding carboxylic acids is 1. The fourth-order valence-corrected chi connectivity index (χ4v) is 5.06. The average molecular weight is 411 g/mol. The Hall–Kier alpha value is -1.84. The molecule has 2 fully saturated rings. The molecule has 1 heterocycles. The highest BCUT2D eigenvalue weighted by Gasteiger charge is 2.39. The van der Waals surface area contributed by atoms with Gasteiger partial charge in [-0.2, -0.15) is 0 Å². The molecule has 0 aromatic heterocycles. The number of rotatable bonds is 8. The quantitative estimate of drug-likeness (QED) is 0.598. The van der Waals surface area contributed by atoms with E-state index in [4.69, 9.17) is 11.6 Å². The highest BCUT2D eigenvalue weighted by molar-refractivity contribution is 6.31. The van der Waals surface area contributed by atoms with E-state index in [-0.39, 0.29) is 5.91 Å². The van der Waals surface area contributed by atoms with Gasteiger partial charge in [0.1, 0.15) is 0 Å². The van der Waals surface area contributed by atoms with E-state index in [1.165, 1.54) is 49.9 Å². The van der Waals surface area contributed by atoms with Crippen molar-refractivity contribution in [2.75, 3.05) is 18.4 Å². The number of nitrogens with zero attached hydrogens (tertiary/aromatic N) is 1. The first kappa shape index (κ1) is 20.4. The topological polar surface area (TPSA) is 32.3 Å². The highest BCUT2D eigenvalue weighted by atomic mass is 35.5. The predicted octanol–water partition coefficient (Wildman–Crippen LogP) is 5.78. The zero-order valence-corrected chi connectivity index (χ0v) is 18.0. The summed E-state index contributed by atoms with van der Waals surface area (Å²) in [7, 11) is 0. The van der Waals surface area contributed by atoms with Crippen molar-refractivity contribution in [1.29, 1.82) is 0 Å². The first-order valence-electron chi connectivity index (χ1n) is 10.9. The first-order chi connectivity index (χ1) is 14.1. The maximum Gasteiger partial charge on any atom is 0.221 e. The van der Waals surface area contributed by atoms with Crippen LogP contribution in [0.3, 0.4) is 0 Å². The maximum absolute atomic E-state index is 11.1. The van der Waals surface area contributed by atoms with Crippen LogP contribution in [-0.4, -0.2) is 23.9 Å². The van der Waals surface area contributed by atoms with E-state index in [9.17, 15) is 4.79 Å². The Morgan fingerprint density at radius 2 is 1.93 bits per heavy atom. The van der Waals surface area contributed by atoms with Gasteiger partial charge in [-0.05, 0) is 85.7 Å². The van der Waals surface area contributed by atoms with E-state index in [0.29, 0.717) is 0 Å². The lowest BCUT2D eigenvalue weighted by Crippen LogP contribution is -2.20. The van der Waals surface area contributed by atoms with Crippen molar-refractivity contribution in [2.45, 2.75) is 45.6 Å². The third-order valence-corrected chi connectivity index (χ3v) is 6.87. The van der Waals surface area contributed by atoms with Crippen LogP contribution in [0.5, 0.6) is 0 Å². The van der Waals surface area contributed by atoms with Gasteiger partial charge in [-0.25, -0.2) is 0 Å². The van der Waals surface area contributed by atoms with Crippen LogP contribution in [0.15, 0.2) is 48.5 Å². The lowest BCUT2D eigenvalue weighted by Gasteiger charge is -2.16. The van der Waals surface area contributed by atoms with Crippen LogP contribution in [0.4, 0.5) is 5.69 Å². The molecule has 4 heteroatoms. The number of halogens is 1. The minimum absolute atomic E-state index is 0.0228. The van der Waals surface area contributed by atoms with Crippen molar-refractivity contribution >= 4 is 23.2 Å². The predicted molar refractivity (Wildman–Crippen MR) is 120 cm³/mol. The smallest absolute Gasteiger partial charge is 0.221 e. The van der Waals surface area contributed by atoms with Gasteiger partial charge in [0.2, 0.25) is 5.91 Å². The Labute approximate surface area is 179 Å². The Kier molecular flexibility index (Phi) is 6.56. The molecule has 1 aliphatic carbocycles. The molecular formula is C25H31ClN2O. The van der Waals surface area contributed by atoms with Gasteiger partial charge in [0.05, 0.1) is 0 Å². The van der Waals surface area contributed by atoms with E-state index in [0.717, 1.165) is 41.4 Å². The number of likely N-dealkylation sites (tertiary alicyclic amines) is 1. The standard InChI is InChI=1S/C25H31ClN2O/c1-18(29)27-24-10-6-19(7-11-24)16-28-13-12-20(17-28)14-23-15-22(23)9-8-21-4-2-3-5-25(21)26/h2-7,10-11,20,22-23H,8-9,12-17H2,1H3,(H,27,29). The third-order valence-electron chi connectivity index (χ3n) is 6.50. The van der Waals surface area contributed by atoms with Gasteiger partial charge in [-0.15, -0.1) is 0 Å². The fraction of sp³-hybridized carbons (Fsp3) is 0.480. The molecule has 154 valence electrons. The van der Waals surface area contributed by atoms with Crippen LogP contribution in [0.1, 0.15) is 43.7 Å². The van der Waals surface area contributed by atoms with Gasteiger partial charge in [0.25, 0.3) is 0 Å². The van der Waals surface area contributed by atoms with Gasteiger partial charge in [-0.3, -0.25) is 9.69 Å². The van der Waals surface area contributed by atoms with E-state index >= 15 is 0 Å². The lowest BCUT2D eigenvalue weighted by molar-refractivity contribution is -0.114. The summed E-state index contributed by atoms with van der Waals surface area (Å²) < 4.78 is 0. The summed E-state index contributed by atoms with van der Waals surface area (Å²) >= 11 is 6.29. The molecule has 2 aliphatic rings. The van der Waals surface area contributed by atoms with Crippen LogP contribution in [0, 0.1) is 17.8 Å². The molecule has 3 unspecified atom stereocenters. The summed E-state index contributed by atoms with van der Waals surface area (Å²) in [6.45, 7) is 4.98. The van der Waals surface area contributed by atoms with Crippen molar-refractivity contribution in [3.8, 4) is 0 Å². The van der Waals surface area contributed by atoms with Gasteiger partial charge >= 0.3 is 0 Å². The summed E-state index contributed by atoms with van der Waals surface area (Å²) in [5.41, 5.74) is 3.50. The number of amides is 1. The third kappa shape index (κ3) is 5.83. The monoisotopic (exact) mass is 410 g/mol. The molecule has 1 aliphatic heterocycles. The molecule has 29 heavy (non-hydrogen) atoms. The number of anilines is 1. The summed E-state index contributed by atoms with van der Waals surface area (Å²) in [6, 6.07) is 16.5. The fourth-order valence-electron chi connectivity index (χ4n) is 4.83. The first-order valence-corrected chi connectivity index (χ1v) is 11.3. The number of benzene rings is 2. The average Bonchev–Trinajstić information content (AvgIpc) is 3.28. The summed E-state index contributed by atoms with van der Waals surface area (Å²) in [4.78, 5) is 13.7. The number of hydrogen-bond acceptors (Lipinski definition) is 2. The lowest BCUT2D eigenvalue weighted by atomic mass is 9.99. The Morgan fingerprint density at radius 3 is 2.69 bits per heavy atom. The summed E-state index contributed by atoms with van der Waals surface area (Å²) in [5, 5.41) is 3.75. The molecule has 4 rings (SSSR count). The van der Waals surface area contributed by atoms with Crippen LogP contribution in [0.2, 0.25) is 5.02 Å². The SMILES string of the molecule is CC(=O)Nc1ccc(CN2CCC(CC3CC3CCc3ccccc3Cl)C2)cc1. The normalized spacial score (nSPS) is 23.9. The molecular weight excluding hydrogens is 380 g/mol. The van der Waals surface area contributed by atoms with Gasteiger partial charge < -0.3 is 5.32 Å². The zero-order chi connectivity index (χ0) is 20.2. The Balaban J connectivity index is 1.17. The van der Waals surface area contributed by atoms with Crippen LogP contribution in [0.25, 0.3) is 0 Å². The van der Waals surface area contributed by atoms with E-state index in [1.807, 2.05) is 24.3 Å². The minimum Gasteiger partial charge on any atom is -0.326 e. The van der Waals surface area contributed by atoms with Crippen molar-refractivity contribution in [1.82, 2.24) is 4.90 Å². The largest absolute Gasteiger partial charge is 0.326 e. The second-order valence-electron chi connectivity index (χ2n) is 8.89. The molecule has 1 saturated carbocycles. The molecule has 2 aromatic carbocycles. The molecule has 1 amide bonds. The van der Waals surface area contributed by atoms with Crippen molar-refractivity contribution < 1.29 is 4.79 Å². The molecule has 3 nitrogen and oxygen atoms in total. The van der Waals surface area contributed by atoms with Gasteiger partial charge in [0.15, 0.2) is 0 Å². The van der Waals surface area contributed by atoms with Crippen molar-refractivity contribution in [2.24, 2.45) is 17.8 Å².